The van der Waals surface area contributed by atoms with Crippen LogP contribution in [0.3, 0.4) is 0 Å². The van der Waals surface area contributed by atoms with Crippen molar-refractivity contribution in [1.82, 2.24) is 5.32 Å². The van der Waals surface area contributed by atoms with Crippen molar-refractivity contribution >= 4 is 23.7 Å². The Morgan fingerprint density at radius 2 is 2.42 bits per heavy atom. The molecule has 12 heavy (non-hydrogen) atoms. The first kappa shape index (κ1) is 10.0. The first-order valence-electron chi connectivity index (χ1n) is 4.15. The fourth-order valence-corrected chi connectivity index (χ4v) is 2.69. The van der Waals surface area contributed by atoms with Crippen molar-refractivity contribution in [1.29, 1.82) is 0 Å². The normalized spacial score (nSPS) is 22.2. The van der Waals surface area contributed by atoms with E-state index in [1.807, 2.05) is 11.3 Å². The van der Waals surface area contributed by atoms with Crippen LogP contribution in [-0.4, -0.2) is 6.54 Å². The van der Waals surface area contributed by atoms with Gasteiger partial charge >= 0.3 is 0 Å². The molecule has 0 radical (unpaired) electrons. The van der Waals surface area contributed by atoms with E-state index in [1.165, 1.54) is 24.9 Å². The smallest absolute Gasteiger partial charge is 0.0417 e. The van der Waals surface area contributed by atoms with Crippen LogP contribution in [0.4, 0.5) is 0 Å². The van der Waals surface area contributed by atoms with Crippen LogP contribution in [0.25, 0.3) is 0 Å². The summed E-state index contributed by atoms with van der Waals surface area (Å²) >= 11 is 1.88. The van der Waals surface area contributed by atoms with Crippen LogP contribution >= 0.6 is 23.7 Å². The fraction of sp³-hybridized carbons (Fsp3) is 0.556. The molecule has 1 N–H and O–H groups in total. The second-order valence-corrected chi connectivity index (χ2v) is 4.06. The summed E-state index contributed by atoms with van der Waals surface area (Å²) in [6.07, 6.45) is 2.66. The average molecular weight is 204 g/mol. The molecule has 1 atom stereocenters. The highest BCUT2D eigenvalue weighted by atomic mass is 35.5. The van der Waals surface area contributed by atoms with Crippen molar-refractivity contribution in [2.45, 2.75) is 25.8 Å². The number of hydrogen-bond acceptors (Lipinski definition) is 2. The van der Waals surface area contributed by atoms with Gasteiger partial charge in [-0.3, -0.25) is 0 Å². The summed E-state index contributed by atoms with van der Waals surface area (Å²) in [4.78, 5) is 1.54. The van der Waals surface area contributed by atoms with Crippen LogP contribution in [0.1, 0.15) is 29.3 Å². The summed E-state index contributed by atoms with van der Waals surface area (Å²) in [6, 6.07) is 2.87. The maximum atomic E-state index is 3.51. The molecular formula is C9H14ClNS. The van der Waals surface area contributed by atoms with Gasteiger partial charge in [0.2, 0.25) is 0 Å². The Morgan fingerprint density at radius 1 is 1.58 bits per heavy atom. The lowest BCUT2D eigenvalue weighted by atomic mass is 10.1. The Morgan fingerprint density at radius 3 is 2.92 bits per heavy atom. The van der Waals surface area contributed by atoms with E-state index in [4.69, 9.17) is 0 Å². The molecule has 2 rings (SSSR count). The highest BCUT2D eigenvalue weighted by Gasteiger charge is 2.18. The molecule has 1 unspecified atom stereocenters. The third-order valence-corrected chi connectivity index (χ3v) is 3.41. The first-order valence-corrected chi connectivity index (χ1v) is 5.03. The highest BCUT2D eigenvalue weighted by molar-refractivity contribution is 7.10. The molecule has 0 spiro atoms. The van der Waals surface area contributed by atoms with E-state index in [0.717, 1.165) is 0 Å². The minimum absolute atomic E-state index is 0. The molecule has 1 aromatic heterocycles. The van der Waals surface area contributed by atoms with Crippen LogP contribution in [0.5, 0.6) is 0 Å². The van der Waals surface area contributed by atoms with Crippen LogP contribution in [0.15, 0.2) is 11.4 Å². The summed E-state index contributed by atoms with van der Waals surface area (Å²) in [5.74, 6) is 0. The summed E-state index contributed by atoms with van der Waals surface area (Å²) in [5.41, 5.74) is 1.45. The predicted octanol–water partition coefficient (Wildman–Crippen LogP) is 2.90. The van der Waals surface area contributed by atoms with E-state index < -0.39 is 0 Å². The zero-order valence-corrected chi connectivity index (χ0v) is 8.80. The van der Waals surface area contributed by atoms with Crippen LogP contribution in [-0.2, 0) is 0 Å². The molecule has 0 amide bonds. The monoisotopic (exact) mass is 203 g/mol. The molecule has 0 saturated carbocycles. The van der Waals surface area contributed by atoms with Gasteiger partial charge in [-0.2, -0.15) is 0 Å². The second kappa shape index (κ2) is 4.26. The lowest BCUT2D eigenvalue weighted by molar-refractivity contribution is 0.656. The molecule has 1 nitrogen and oxygen atoms in total. The molecule has 1 saturated heterocycles. The Labute approximate surface area is 83.6 Å². The number of rotatable bonds is 1. The molecule has 2 heterocycles. The van der Waals surface area contributed by atoms with E-state index in [-0.39, 0.29) is 12.4 Å². The molecule has 68 valence electrons. The van der Waals surface area contributed by atoms with Crippen molar-refractivity contribution < 1.29 is 0 Å². The van der Waals surface area contributed by atoms with Crippen LogP contribution < -0.4 is 5.32 Å². The molecule has 3 heteroatoms. The largest absolute Gasteiger partial charge is 0.309 e. The van der Waals surface area contributed by atoms with E-state index >= 15 is 0 Å². The highest BCUT2D eigenvalue weighted by Crippen LogP contribution is 2.29. The molecular weight excluding hydrogens is 190 g/mol. The molecule has 0 aliphatic carbocycles. The van der Waals surface area contributed by atoms with Gasteiger partial charge in [0.05, 0.1) is 0 Å². The summed E-state index contributed by atoms with van der Waals surface area (Å²) < 4.78 is 0. The minimum atomic E-state index is 0. The quantitative estimate of drug-likeness (QED) is 0.740. The Bertz CT molecular complexity index is 240. The van der Waals surface area contributed by atoms with Crippen LogP contribution in [0.2, 0.25) is 0 Å². The molecule has 1 aliphatic heterocycles. The molecule has 1 aliphatic rings. The van der Waals surface area contributed by atoms with E-state index in [9.17, 15) is 0 Å². The third kappa shape index (κ3) is 1.82. The van der Waals surface area contributed by atoms with Crippen LogP contribution in [0, 0.1) is 6.92 Å². The van der Waals surface area contributed by atoms with E-state index in [2.05, 4.69) is 23.7 Å². The third-order valence-electron chi connectivity index (χ3n) is 2.28. The zero-order chi connectivity index (χ0) is 7.68. The number of aryl methyl sites for hydroxylation is 1. The Balaban J connectivity index is 0.000000720. The van der Waals surface area contributed by atoms with Gasteiger partial charge in [0.25, 0.3) is 0 Å². The van der Waals surface area contributed by atoms with Gasteiger partial charge in [0.1, 0.15) is 0 Å². The number of thiophene rings is 1. The van der Waals surface area contributed by atoms with E-state index in [1.54, 1.807) is 4.88 Å². The Kier molecular flexibility index (Phi) is 3.56. The lowest BCUT2D eigenvalue weighted by Gasteiger charge is -2.07. The lowest BCUT2D eigenvalue weighted by Crippen LogP contribution is -2.12. The van der Waals surface area contributed by atoms with Gasteiger partial charge in [-0.25, -0.2) is 0 Å². The summed E-state index contributed by atoms with van der Waals surface area (Å²) in [5, 5.41) is 5.70. The second-order valence-electron chi connectivity index (χ2n) is 3.12. The molecule has 0 bridgehead atoms. The van der Waals surface area contributed by atoms with Crippen molar-refractivity contribution in [2.24, 2.45) is 0 Å². The van der Waals surface area contributed by atoms with Gasteiger partial charge < -0.3 is 5.32 Å². The number of halogens is 1. The topological polar surface area (TPSA) is 12.0 Å². The minimum Gasteiger partial charge on any atom is -0.309 e. The number of hydrogen-bond donors (Lipinski definition) is 1. The Hall–Kier alpha value is -0.0500. The van der Waals surface area contributed by atoms with Crippen molar-refractivity contribution in [3.05, 3.63) is 21.9 Å². The predicted molar refractivity (Wildman–Crippen MR) is 56.3 cm³/mol. The van der Waals surface area contributed by atoms with E-state index in [0.29, 0.717) is 6.04 Å². The van der Waals surface area contributed by atoms with Crippen molar-refractivity contribution in [2.75, 3.05) is 6.54 Å². The van der Waals surface area contributed by atoms with Crippen molar-refractivity contribution in [3.8, 4) is 0 Å². The summed E-state index contributed by atoms with van der Waals surface area (Å²) in [6.45, 7) is 3.40. The fourth-order valence-electron chi connectivity index (χ4n) is 1.65. The van der Waals surface area contributed by atoms with Gasteiger partial charge in [-0.1, -0.05) is 0 Å². The van der Waals surface area contributed by atoms with Crippen molar-refractivity contribution in [3.63, 3.8) is 0 Å². The zero-order valence-electron chi connectivity index (χ0n) is 7.17. The summed E-state index contributed by atoms with van der Waals surface area (Å²) in [7, 11) is 0. The maximum absolute atomic E-state index is 3.51. The first-order chi connectivity index (χ1) is 5.38. The van der Waals surface area contributed by atoms with Gasteiger partial charge in [-0.15, -0.1) is 23.7 Å². The molecule has 1 aromatic rings. The van der Waals surface area contributed by atoms with Gasteiger partial charge in [-0.05, 0) is 43.3 Å². The van der Waals surface area contributed by atoms with Gasteiger partial charge in [0.15, 0.2) is 0 Å². The maximum Gasteiger partial charge on any atom is 0.0417 e. The SMILES string of the molecule is Cc1ccsc1C1CCCN1.Cl. The average Bonchev–Trinajstić information content (AvgIpc) is 2.55. The van der Waals surface area contributed by atoms with Gasteiger partial charge in [0, 0.05) is 10.9 Å². The molecule has 1 fully saturated rings. The molecule has 0 aromatic carbocycles. The standard InChI is InChI=1S/C9H13NS.ClH/c1-7-4-6-11-9(7)8-3-2-5-10-8;/h4,6,8,10H,2-3,5H2,1H3;1H. The number of nitrogens with one attached hydrogen (secondary N) is 1.